The van der Waals surface area contributed by atoms with Crippen LogP contribution in [-0.2, 0) is 5.60 Å². The summed E-state index contributed by atoms with van der Waals surface area (Å²) in [7, 11) is 1.52. The molecule has 0 aliphatic carbocycles. The Bertz CT molecular complexity index is 1390. The molecule has 3 aromatic heterocycles. The number of amides is 1. The van der Waals surface area contributed by atoms with Crippen LogP contribution in [0.15, 0.2) is 55.1 Å². The van der Waals surface area contributed by atoms with Crippen molar-refractivity contribution < 1.29 is 14.3 Å². The van der Waals surface area contributed by atoms with Crippen LogP contribution in [0, 0.1) is 5.82 Å². The van der Waals surface area contributed by atoms with Gasteiger partial charge in [-0.1, -0.05) is 13.0 Å². The van der Waals surface area contributed by atoms with Crippen molar-refractivity contribution in [2.45, 2.75) is 38.7 Å². The lowest BCUT2D eigenvalue weighted by atomic mass is 9.93. The van der Waals surface area contributed by atoms with Crippen LogP contribution in [0.25, 0.3) is 22.2 Å². The van der Waals surface area contributed by atoms with Gasteiger partial charge in [0.1, 0.15) is 23.6 Å². The molecule has 0 spiro atoms. The summed E-state index contributed by atoms with van der Waals surface area (Å²) in [6.45, 7) is 6.04. The average Bonchev–Trinajstić information content (AvgIpc) is 2.88. The zero-order valence-electron chi connectivity index (χ0n) is 20.7. The Labute approximate surface area is 209 Å². The van der Waals surface area contributed by atoms with E-state index in [9.17, 15) is 14.3 Å². The summed E-state index contributed by atoms with van der Waals surface area (Å²) in [4.78, 5) is 29.6. The van der Waals surface area contributed by atoms with Gasteiger partial charge in [0.05, 0.1) is 22.5 Å². The molecule has 0 saturated carbocycles. The molecule has 186 valence electrons. The summed E-state index contributed by atoms with van der Waals surface area (Å²) >= 11 is 0. The number of hydrogen-bond acceptors (Lipinski definition) is 7. The Hall–Kier alpha value is -3.98. The largest absolute Gasteiger partial charge is 0.384 e. The second-order valence-electron chi connectivity index (χ2n) is 9.19. The quantitative estimate of drug-likeness (QED) is 0.337. The van der Waals surface area contributed by atoms with Gasteiger partial charge >= 0.3 is 0 Å². The molecule has 0 aliphatic heterocycles. The maximum absolute atomic E-state index is 14.7. The minimum absolute atomic E-state index is 0.0490. The standard InChI is InChI=1S/C27H29FN6O2/c1-16(18-6-7-20(28)24-19(26(35)29-4)10-12-31-25(18)24)9-11-30-23-13-21(33-15-34-23)17-5-8-22(32-14-17)27(2,3)36/h5-8,10,12-16,36H,9,11H2,1-4H3,(H,29,35)(H,30,33,34). The van der Waals surface area contributed by atoms with Gasteiger partial charge in [0.2, 0.25) is 0 Å². The van der Waals surface area contributed by atoms with Gasteiger partial charge in [0.25, 0.3) is 5.91 Å². The highest BCUT2D eigenvalue weighted by atomic mass is 19.1. The molecule has 1 aromatic carbocycles. The van der Waals surface area contributed by atoms with E-state index in [-0.39, 0.29) is 22.8 Å². The van der Waals surface area contributed by atoms with Gasteiger partial charge in [-0.15, -0.1) is 0 Å². The van der Waals surface area contributed by atoms with E-state index in [1.165, 1.54) is 31.7 Å². The zero-order valence-corrected chi connectivity index (χ0v) is 20.7. The van der Waals surface area contributed by atoms with Crippen molar-refractivity contribution in [2.75, 3.05) is 18.9 Å². The topological polar surface area (TPSA) is 113 Å². The number of hydrogen-bond donors (Lipinski definition) is 3. The third-order valence-corrected chi connectivity index (χ3v) is 6.11. The van der Waals surface area contributed by atoms with Crippen molar-refractivity contribution in [3.63, 3.8) is 0 Å². The van der Waals surface area contributed by atoms with Gasteiger partial charge in [-0.2, -0.15) is 0 Å². The van der Waals surface area contributed by atoms with E-state index in [4.69, 9.17) is 0 Å². The molecular weight excluding hydrogens is 459 g/mol. The number of carbonyl (C=O) groups is 1. The number of anilines is 1. The number of rotatable bonds is 8. The van der Waals surface area contributed by atoms with Crippen molar-refractivity contribution in [3.8, 4) is 11.3 Å². The molecule has 3 heterocycles. The first-order valence-corrected chi connectivity index (χ1v) is 11.7. The zero-order chi connectivity index (χ0) is 25.9. The number of benzene rings is 1. The number of aromatic nitrogens is 4. The van der Waals surface area contributed by atoms with Crippen molar-refractivity contribution in [1.82, 2.24) is 25.3 Å². The maximum Gasteiger partial charge on any atom is 0.251 e. The number of pyridine rings is 2. The van der Waals surface area contributed by atoms with Crippen LogP contribution in [0.5, 0.6) is 0 Å². The van der Waals surface area contributed by atoms with E-state index in [2.05, 4.69) is 30.6 Å². The fourth-order valence-electron chi connectivity index (χ4n) is 4.06. The van der Waals surface area contributed by atoms with E-state index in [0.29, 0.717) is 29.3 Å². The van der Waals surface area contributed by atoms with Gasteiger partial charge in [-0.05, 0) is 56.0 Å². The Kier molecular flexibility index (Phi) is 7.21. The normalized spacial score (nSPS) is 12.4. The Morgan fingerprint density at radius 3 is 2.61 bits per heavy atom. The van der Waals surface area contributed by atoms with E-state index < -0.39 is 11.4 Å². The highest BCUT2D eigenvalue weighted by Crippen LogP contribution is 2.30. The van der Waals surface area contributed by atoms with Crippen molar-refractivity contribution >= 4 is 22.6 Å². The summed E-state index contributed by atoms with van der Waals surface area (Å²) in [6.07, 6.45) is 5.43. The Morgan fingerprint density at radius 2 is 1.92 bits per heavy atom. The summed E-state index contributed by atoms with van der Waals surface area (Å²) in [5.41, 5.74) is 2.74. The molecule has 9 heteroatoms. The molecule has 1 amide bonds. The first-order chi connectivity index (χ1) is 17.2. The van der Waals surface area contributed by atoms with Gasteiger partial charge in [-0.25, -0.2) is 14.4 Å². The predicted octanol–water partition coefficient (Wildman–Crippen LogP) is 4.42. The summed E-state index contributed by atoms with van der Waals surface area (Å²) < 4.78 is 14.7. The van der Waals surface area contributed by atoms with Crippen LogP contribution in [0.1, 0.15) is 54.7 Å². The average molecular weight is 489 g/mol. The van der Waals surface area contributed by atoms with Crippen LogP contribution < -0.4 is 10.6 Å². The molecular formula is C27H29FN6O2. The number of carbonyl (C=O) groups excluding carboxylic acids is 1. The molecule has 1 atom stereocenters. The number of fused-ring (bicyclic) bond motifs is 1. The summed E-state index contributed by atoms with van der Waals surface area (Å²) in [6, 6.07) is 10.1. The van der Waals surface area contributed by atoms with Crippen molar-refractivity contribution in [3.05, 3.63) is 77.8 Å². The van der Waals surface area contributed by atoms with Gasteiger partial charge in [0, 0.05) is 43.0 Å². The maximum atomic E-state index is 14.7. The fraction of sp³-hybridized carbons (Fsp3) is 0.296. The third kappa shape index (κ3) is 5.31. The van der Waals surface area contributed by atoms with Crippen LogP contribution in [0.3, 0.4) is 0 Å². The minimum Gasteiger partial charge on any atom is -0.384 e. The first kappa shape index (κ1) is 25.1. The van der Waals surface area contributed by atoms with Crippen LogP contribution in [0.4, 0.5) is 10.2 Å². The first-order valence-electron chi connectivity index (χ1n) is 11.7. The lowest BCUT2D eigenvalue weighted by Gasteiger charge is -2.17. The molecule has 3 N–H and O–H groups in total. The van der Waals surface area contributed by atoms with E-state index in [0.717, 1.165) is 17.5 Å². The summed E-state index contributed by atoms with van der Waals surface area (Å²) in [5.74, 6) is -0.0997. The molecule has 4 aromatic rings. The van der Waals surface area contributed by atoms with Crippen molar-refractivity contribution in [1.29, 1.82) is 0 Å². The fourth-order valence-corrected chi connectivity index (χ4v) is 4.06. The predicted molar refractivity (Wildman–Crippen MR) is 137 cm³/mol. The van der Waals surface area contributed by atoms with Gasteiger partial charge in [0.15, 0.2) is 0 Å². The SMILES string of the molecule is CNC(=O)c1ccnc2c(C(C)CCNc3cc(-c4ccc(C(C)(C)O)nc4)ncn3)ccc(F)c12. The number of aliphatic hydroxyl groups is 1. The molecule has 1 unspecified atom stereocenters. The Balaban J connectivity index is 1.47. The van der Waals surface area contributed by atoms with Gasteiger partial charge < -0.3 is 15.7 Å². The van der Waals surface area contributed by atoms with Crippen LogP contribution in [0.2, 0.25) is 0 Å². The Morgan fingerprint density at radius 1 is 1.11 bits per heavy atom. The van der Waals surface area contributed by atoms with Crippen LogP contribution in [-0.4, -0.2) is 44.5 Å². The summed E-state index contributed by atoms with van der Waals surface area (Å²) in [5, 5.41) is 16.2. The van der Waals surface area contributed by atoms with E-state index >= 15 is 0 Å². The van der Waals surface area contributed by atoms with Crippen molar-refractivity contribution in [2.24, 2.45) is 0 Å². The third-order valence-electron chi connectivity index (χ3n) is 6.11. The molecule has 0 aliphatic rings. The minimum atomic E-state index is -1.01. The number of halogens is 1. The highest BCUT2D eigenvalue weighted by molar-refractivity contribution is 6.06. The van der Waals surface area contributed by atoms with E-state index in [1.54, 1.807) is 32.2 Å². The highest BCUT2D eigenvalue weighted by Gasteiger charge is 2.19. The second kappa shape index (κ2) is 10.3. The lowest BCUT2D eigenvalue weighted by molar-refractivity contribution is 0.0738. The second-order valence-corrected chi connectivity index (χ2v) is 9.19. The lowest BCUT2D eigenvalue weighted by Crippen LogP contribution is -2.19. The molecule has 0 bridgehead atoms. The van der Waals surface area contributed by atoms with Gasteiger partial charge in [-0.3, -0.25) is 14.8 Å². The smallest absolute Gasteiger partial charge is 0.251 e. The van der Waals surface area contributed by atoms with E-state index in [1.807, 2.05) is 19.1 Å². The molecule has 36 heavy (non-hydrogen) atoms. The molecule has 0 radical (unpaired) electrons. The number of nitrogens with zero attached hydrogens (tertiary/aromatic N) is 4. The monoisotopic (exact) mass is 488 g/mol. The van der Waals surface area contributed by atoms with Crippen LogP contribution >= 0.6 is 0 Å². The molecule has 0 saturated heterocycles. The molecule has 4 rings (SSSR count). The molecule has 0 fully saturated rings. The number of nitrogens with one attached hydrogen (secondary N) is 2. The molecule has 8 nitrogen and oxygen atoms in total.